The first-order valence-corrected chi connectivity index (χ1v) is 7.28. The first-order valence-electron chi connectivity index (χ1n) is 6.52. The molecule has 1 aliphatic heterocycles. The predicted molar refractivity (Wildman–Crippen MR) is 80.1 cm³/mol. The normalized spacial score (nSPS) is 17.7. The summed E-state index contributed by atoms with van der Waals surface area (Å²) < 4.78 is 44.3. The van der Waals surface area contributed by atoms with Crippen LogP contribution in [-0.4, -0.2) is 23.6 Å². The molecular weight excluding hydrogens is 354 g/mol. The summed E-state index contributed by atoms with van der Waals surface area (Å²) in [5, 5.41) is 0.247. The van der Waals surface area contributed by atoms with E-state index in [1.54, 1.807) is 11.9 Å². The summed E-state index contributed by atoms with van der Waals surface area (Å²) in [6, 6.07) is 2.68. The van der Waals surface area contributed by atoms with Crippen LogP contribution in [-0.2, 0) is 6.18 Å². The Bertz CT molecular complexity index is 755. The van der Waals surface area contributed by atoms with Crippen LogP contribution < -0.4 is 9.64 Å². The second-order valence-electron chi connectivity index (χ2n) is 5.00. The Kier molecular flexibility index (Phi) is 4.01. The minimum Gasteiger partial charge on any atom is -0.486 e. The van der Waals surface area contributed by atoms with Crippen LogP contribution in [0.5, 0.6) is 5.75 Å². The molecule has 1 aromatic carbocycles. The summed E-state index contributed by atoms with van der Waals surface area (Å²) in [5.41, 5.74) is -0.457. The third-order valence-electron chi connectivity index (χ3n) is 3.59. The fraction of sp³-hybridized carbons (Fsp3) is 0.286. The van der Waals surface area contributed by atoms with Crippen molar-refractivity contribution in [2.24, 2.45) is 0 Å². The van der Waals surface area contributed by atoms with Crippen LogP contribution in [0.4, 0.5) is 19.0 Å². The highest BCUT2D eigenvalue weighted by atomic mass is 35.5. The fourth-order valence-corrected chi connectivity index (χ4v) is 2.77. The van der Waals surface area contributed by atoms with Crippen molar-refractivity contribution in [3.63, 3.8) is 0 Å². The molecule has 0 bridgehead atoms. The molecule has 2 heterocycles. The summed E-state index contributed by atoms with van der Waals surface area (Å²) in [6.07, 6.45) is -3.03. The largest absolute Gasteiger partial charge is 0.486 e. The minimum absolute atomic E-state index is 0.0231. The van der Waals surface area contributed by atoms with Crippen molar-refractivity contribution in [3.8, 4) is 5.75 Å². The van der Waals surface area contributed by atoms with Crippen molar-refractivity contribution in [1.82, 2.24) is 9.97 Å². The molecule has 0 spiro atoms. The summed E-state index contributed by atoms with van der Waals surface area (Å²) in [5.74, 6) is 0.811. The molecule has 1 atom stereocenters. The average Bonchev–Trinajstić information content (AvgIpc) is 2.48. The van der Waals surface area contributed by atoms with Crippen LogP contribution in [0.1, 0.15) is 17.2 Å². The van der Waals surface area contributed by atoms with Crippen molar-refractivity contribution < 1.29 is 17.9 Å². The van der Waals surface area contributed by atoms with E-state index in [1.165, 1.54) is 12.3 Å². The van der Waals surface area contributed by atoms with Crippen LogP contribution in [0.3, 0.4) is 0 Å². The number of hydrogen-bond acceptors (Lipinski definition) is 4. The van der Waals surface area contributed by atoms with E-state index in [0.717, 1.165) is 12.1 Å². The molecule has 0 radical (unpaired) electrons. The molecule has 0 N–H and O–H groups in total. The van der Waals surface area contributed by atoms with Gasteiger partial charge in [0.15, 0.2) is 11.6 Å². The van der Waals surface area contributed by atoms with E-state index in [9.17, 15) is 13.2 Å². The Labute approximate surface area is 139 Å². The van der Waals surface area contributed by atoms with E-state index in [2.05, 4.69) is 9.97 Å². The zero-order valence-corrected chi connectivity index (χ0v) is 13.2. The van der Waals surface area contributed by atoms with Gasteiger partial charge in [-0.25, -0.2) is 4.98 Å². The van der Waals surface area contributed by atoms with Gasteiger partial charge in [-0.05, 0) is 35.4 Å². The van der Waals surface area contributed by atoms with E-state index in [-0.39, 0.29) is 16.9 Å². The maximum Gasteiger partial charge on any atom is 0.416 e. The van der Waals surface area contributed by atoms with Gasteiger partial charge in [0.25, 0.3) is 0 Å². The Hall–Kier alpha value is -1.73. The van der Waals surface area contributed by atoms with Crippen LogP contribution in [0.15, 0.2) is 24.4 Å². The highest BCUT2D eigenvalue weighted by Crippen LogP contribution is 2.40. The lowest BCUT2D eigenvalue weighted by atomic mass is 10.0. The molecule has 1 unspecified atom stereocenters. The van der Waals surface area contributed by atoms with Crippen molar-refractivity contribution in [3.05, 3.63) is 45.8 Å². The van der Waals surface area contributed by atoms with Crippen molar-refractivity contribution in [2.45, 2.75) is 12.2 Å². The highest BCUT2D eigenvalue weighted by Gasteiger charge is 2.34. The quantitative estimate of drug-likeness (QED) is 0.705. The Morgan fingerprint density at radius 1 is 1.30 bits per heavy atom. The monoisotopic (exact) mass is 363 g/mol. The van der Waals surface area contributed by atoms with Gasteiger partial charge in [0, 0.05) is 12.1 Å². The molecule has 9 heteroatoms. The standard InChI is InChI=1S/C14H10Cl2F3N3O/c1-22-10(6-23-11-5-20-13(16)21-12(11)22)8-4-7(14(17,18)19)2-3-9(8)15/h2-5,10H,6H2,1H3. The predicted octanol–water partition coefficient (Wildman–Crippen LogP) is 4.37. The number of ether oxygens (including phenoxy) is 1. The van der Waals surface area contributed by atoms with Crippen LogP contribution in [0.2, 0.25) is 10.3 Å². The number of hydrogen-bond donors (Lipinski definition) is 0. The molecule has 0 saturated carbocycles. The van der Waals surface area contributed by atoms with Gasteiger partial charge in [0.1, 0.15) is 6.61 Å². The first kappa shape index (κ1) is 16.1. The van der Waals surface area contributed by atoms with Crippen molar-refractivity contribution >= 4 is 29.0 Å². The van der Waals surface area contributed by atoms with Gasteiger partial charge >= 0.3 is 6.18 Å². The Morgan fingerprint density at radius 3 is 2.74 bits per heavy atom. The molecule has 0 aliphatic carbocycles. The number of likely N-dealkylation sites (N-methyl/N-ethyl adjacent to an activating group) is 1. The molecule has 1 aromatic heterocycles. The van der Waals surface area contributed by atoms with Gasteiger partial charge in [0.2, 0.25) is 5.28 Å². The Balaban J connectivity index is 2.03. The number of aromatic nitrogens is 2. The molecule has 2 aromatic rings. The SMILES string of the molecule is CN1c2nc(Cl)ncc2OCC1c1cc(C(F)(F)F)ccc1Cl. The minimum atomic E-state index is -4.45. The lowest BCUT2D eigenvalue weighted by Crippen LogP contribution is -2.34. The highest BCUT2D eigenvalue weighted by molar-refractivity contribution is 6.31. The number of alkyl halides is 3. The molecule has 4 nitrogen and oxygen atoms in total. The average molecular weight is 364 g/mol. The van der Waals surface area contributed by atoms with Gasteiger partial charge in [-0.2, -0.15) is 18.2 Å². The van der Waals surface area contributed by atoms with Crippen LogP contribution >= 0.6 is 23.2 Å². The molecule has 0 fully saturated rings. The molecule has 23 heavy (non-hydrogen) atoms. The van der Waals surface area contributed by atoms with Crippen LogP contribution in [0.25, 0.3) is 0 Å². The number of fused-ring (bicyclic) bond motifs is 1. The number of rotatable bonds is 1. The summed E-state index contributed by atoms with van der Waals surface area (Å²) in [6.45, 7) is 0.121. The van der Waals surface area contributed by atoms with E-state index in [0.29, 0.717) is 17.1 Å². The number of anilines is 1. The molecular formula is C14H10Cl2F3N3O. The van der Waals surface area contributed by atoms with Gasteiger partial charge in [-0.3, -0.25) is 0 Å². The molecule has 0 saturated heterocycles. The molecule has 1 aliphatic rings. The maximum atomic E-state index is 12.9. The van der Waals surface area contributed by atoms with E-state index >= 15 is 0 Å². The number of halogens is 5. The number of benzene rings is 1. The summed E-state index contributed by atoms with van der Waals surface area (Å²) in [7, 11) is 1.69. The zero-order chi connectivity index (χ0) is 16.8. The van der Waals surface area contributed by atoms with E-state index in [4.69, 9.17) is 27.9 Å². The lowest BCUT2D eigenvalue weighted by Gasteiger charge is -2.35. The smallest absolute Gasteiger partial charge is 0.416 e. The van der Waals surface area contributed by atoms with E-state index in [1.807, 2.05) is 0 Å². The topological polar surface area (TPSA) is 38.2 Å². The molecule has 0 amide bonds. The van der Waals surface area contributed by atoms with Gasteiger partial charge in [0.05, 0.1) is 17.8 Å². The second kappa shape index (κ2) is 5.72. The summed E-state index contributed by atoms with van der Waals surface area (Å²) in [4.78, 5) is 9.55. The van der Waals surface area contributed by atoms with Crippen molar-refractivity contribution in [1.29, 1.82) is 0 Å². The third-order valence-corrected chi connectivity index (χ3v) is 4.11. The first-order chi connectivity index (χ1) is 10.8. The Morgan fingerprint density at radius 2 is 2.04 bits per heavy atom. The van der Waals surface area contributed by atoms with Gasteiger partial charge in [-0.15, -0.1) is 0 Å². The lowest BCUT2D eigenvalue weighted by molar-refractivity contribution is -0.137. The second-order valence-corrected chi connectivity index (χ2v) is 5.74. The third kappa shape index (κ3) is 3.03. The fourth-order valence-electron chi connectivity index (χ4n) is 2.40. The zero-order valence-electron chi connectivity index (χ0n) is 11.7. The van der Waals surface area contributed by atoms with E-state index < -0.39 is 17.8 Å². The van der Waals surface area contributed by atoms with Gasteiger partial charge in [-0.1, -0.05) is 11.6 Å². The molecule has 3 rings (SSSR count). The summed E-state index contributed by atoms with van der Waals surface area (Å²) >= 11 is 11.9. The van der Waals surface area contributed by atoms with Gasteiger partial charge < -0.3 is 9.64 Å². The van der Waals surface area contributed by atoms with Crippen molar-refractivity contribution in [2.75, 3.05) is 18.6 Å². The molecule has 122 valence electrons. The number of nitrogens with zero attached hydrogens (tertiary/aromatic N) is 3. The maximum absolute atomic E-state index is 12.9. The van der Waals surface area contributed by atoms with Crippen LogP contribution in [0, 0.1) is 0 Å².